The molecule has 1 N–H and O–H groups in total. The van der Waals surface area contributed by atoms with Crippen molar-refractivity contribution in [1.82, 2.24) is 4.90 Å². The van der Waals surface area contributed by atoms with Crippen molar-refractivity contribution in [3.05, 3.63) is 34.9 Å². The first kappa shape index (κ1) is 14.5. The summed E-state index contributed by atoms with van der Waals surface area (Å²) in [5.74, 6) is 0.0534. The monoisotopic (exact) mass is 283 g/mol. The lowest BCUT2D eigenvalue weighted by Crippen LogP contribution is -2.44. The van der Waals surface area contributed by atoms with Gasteiger partial charge in [0.15, 0.2) is 5.78 Å². The number of nitrogens with zero attached hydrogens (tertiary/aromatic N) is 1. The minimum atomic E-state index is -0.135. The molecular formula is C14H18ClNO3. The molecule has 0 bridgehead atoms. The highest BCUT2D eigenvalue weighted by Gasteiger charge is 2.20. The predicted molar refractivity (Wildman–Crippen MR) is 73.7 cm³/mol. The number of aliphatic hydroxyl groups excluding tert-OH is 1. The molecule has 1 aliphatic rings. The van der Waals surface area contributed by atoms with E-state index in [-0.39, 0.29) is 18.5 Å². The summed E-state index contributed by atoms with van der Waals surface area (Å²) in [6, 6.07) is 7.11. The third kappa shape index (κ3) is 4.01. The average Bonchev–Trinajstić information content (AvgIpc) is 2.45. The van der Waals surface area contributed by atoms with Gasteiger partial charge in [0.1, 0.15) is 0 Å². The zero-order valence-electron chi connectivity index (χ0n) is 10.7. The van der Waals surface area contributed by atoms with Gasteiger partial charge in [0.25, 0.3) is 0 Å². The van der Waals surface area contributed by atoms with Gasteiger partial charge in [-0.1, -0.05) is 23.7 Å². The molecule has 5 heteroatoms. The number of hydrogen-bond donors (Lipinski definition) is 1. The molecule has 0 aliphatic carbocycles. The minimum Gasteiger partial charge on any atom is -0.394 e. The molecular weight excluding hydrogens is 266 g/mol. The Morgan fingerprint density at radius 3 is 3.00 bits per heavy atom. The molecule has 1 aromatic carbocycles. The summed E-state index contributed by atoms with van der Waals surface area (Å²) >= 11 is 6.00. The molecule has 0 radical (unpaired) electrons. The Hall–Kier alpha value is -0.940. The summed E-state index contributed by atoms with van der Waals surface area (Å²) in [6.07, 6.45) is 0.297. The second-order valence-electron chi connectivity index (χ2n) is 4.63. The van der Waals surface area contributed by atoms with Crippen molar-refractivity contribution in [2.24, 2.45) is 0 Å². The van der Waals surface area contributed by atoms with Gasteiger partial charge in [-0.3, -0.25) is 9.69 Å². The van der Waals surface area contributed by atoms with Crippen LogP contribution < -0.4 is 0 Å². The van der Waals surface area contributed by atoms with E-state index in [9.17, 15) is 4.79 Å². The Morgan fingerprint density at radius 1 is 1.47 bits per heavy atom. The summed E-state index contributed by atoms with van der Waals surface area (Å²) in [6.45, 7) is 2.77. The van der Waals surface area contributed by atoms with E-state index in [4.69, 9.17) is 21.4 Å². The molecule has 1 heterocycles. The fraction of sp³-hybridized carbons (Fsp3) is 0.500. The highest BCUT2D eigenvalue weighted by molar-refractivity contribution is 6.33. The molecule has 1 aliphatic heterocycles. The van der Waals surface area contributed by atoms with E-state index in [1.54, 1.807) is 12.1 Å². The van der Waals surface area contributed by atoms with Crippen molar-refractivity contribution in [2.75, 3.05) is 32.8 Å². The third-order valence-electron chi connectivity index (χ3n) is 3.26. The van der Waals surface area contributed by atoms with Gasteiger partial charge in [-0.05, 0) is 12.1 Å². The summed E-state index contributed by atoms with van der Waals surface area (Å²) in [7, 11) is 0. The maximum Gasteiger partial charge on any atom is 0.165 e. The van der Waals surface area contributed by atoms with Crippen molar-refractivity contribution in [1.29, 1.82) is 0 Å². The number of aliphatic hydroxyl groups is 1. The highest BCUT2D eigenvalue weighted by Crippen LogP contribution is 2.17. The van der Waals surface area contributed by atoms with Gasteiger partial charge in [0.05, 0.1) is 24.3 Å². The van der Waals surface area contributed by atoms with Crippen molar-refractivity contribution in [3.63, 3.8) is 0 Å². The minimum absolute atomic E-state index is 0.0228. The molecule has 1 fully saturated rings. The molecule has 0 amide bonds. The van der Waals surface area contributed by atoms with Gasteiger partial charge in [0, 0.05) is 31.6 Å². The zero-order chi connectivity index (χ0) is 13.7. The summed E-state index contributed by atoms with van der Waals surface area (Å²) in [4.78, 5) is 14.2. The van der Waals surface area contributed by atoms with Crippen LogP contribution in [0.3, 0.4) is 0 Å². The Morgan fingerprint density at radius 2 is 2.26 bits per heavy atom. The van der Waals surface area contributed by atoms with Gasteiger partial charge in [0.2, 0.25) is 0 Å². The smallest absolute Gasteiger partial charge is 0.165 e. The van der Waals surface area contributed by atoms with E-state index in [0.717, 1.165) is 6.54 Å². The predicted octanol–water partition coefficient (Wildman–Crippen LogP) is 1.61. The molecule has 2 rings (SSSR count). The van der Waals surface area contributed by atoms with Crippen molar-refractivity contribution in [3.8, 4) is 0 Å². The largest absolute Gasteiger partial charge is 0.394 e. The number of ether oxygens (including phenoxy) is 1. The number of benzene rings is 1. The molecule has 0 spiro atoms. The van der Waals surface area contributed by atoms with Crippen molar-refractivity contribution >= 4 is 17.4 Å². The molecule has 1 aromatic rings. The van der Waals surface area contributed by atoms with Crippen LogP contribution in [-0.2, 0) is 4.74 Å². The molecule has 1 unspecified atom stereocenters. The van der Waals surface area contributed by atoms with E-state index < -0.39 is 0 Å². The second kappa shape index (κ2) is 7.01. The lowest BCUT2D eigenvalue weighted by molar-refractivity contribution is -0.0523. The first-order valence-corrected chi connectivity index (χ1v) is 6.81. The maximum atomic E-state index is 12.1. The van der Waals surface area contributed by atoms with E-state index in [1.807, 2.05) is 12.1 Å². The first-order valence-electron chi connectivity index (χ1n) is 6.43. The topological polar surface area (TPSA) is 49.8 Å². The van der Waals surface area contributed by atoms with E-state index in [2.05, 4.69) is 4.90 Å². The van der Waals surface area contributed by atoms with Gasteiger partial charge < -0.3 is 9.84 Å². The molecule has 1 saturated heterocycles. The Balaban J connectivity index is 1.85. The number of rotatable bonds is 5. The molecule has 4 nitrogen and oxygen atoms in total. The number of carbonyl (C=O) groups excluding carboxylic acids is 1. The number of morpholine rings is 1. The van der Waals surface area contributed by atoms with Crippen LogP contribution >= 0.6 is 11.6 Å². The molecule has 104 valence electrons. The number of carbonyl (C=O) groups is 1. The first-order chi connectivity index (χ1) is 9.20. The Labute approximate surface area is 117 Å². The second-order valence-corrected chi connectivity index (χ2v) is 5.04. The normalized spacial score (nSPS) is 20.4. The summed E-state index contributed by atoms with van der Waals surface area (Å²) < 4.78 is 5.37. The fourth-order valence-electron chi connectivity index (χ4n) is 2.18. The average molecular weight is 284 g/mol. The van der Waals surface area contributed by atoms with Gasteiger partial charge in [-0.2, -0.15) is 0 Å². The highest BCUT2D eigenvalue weighted by atomic mass is 35.5. The molecule has 1 atom stereocenters. The van der Waals surface area contributed by atoms with Crippen LogP contribution in [0, 0.1) is 0 Å². The van der Waals surface area contributed by atoms with Gasteiger partial charge >= 0.3 is 0 Å². The van der Waals surface area contributed by atoms with Crippen LogP contribution in [0.25, 0.3) is 0 Å². The van der Waals surface area contributed by atoms with Gasteiger partial charge in [-0.15, -0.1) is 0 Å². The molecule has 0 aromatic heterocycles. The number of hydrogen-bond acceptors (Lipinski definition) is 4. The molecule has 0 saturated carbocycles. The number of halogens is 1. The van der Waals surface area contributed by atoms with Crippen LogP contribution in [0.1, 0.15) is 16.8 Å². The standard InChI is InChI=1S/C14H18ClNO3/c15-13-4-2-1-3-12(13)14(18)5-6-16-7-8-19-11(9-16)10-17/h1-4,11,17H,5-10H2. The SMILES string of the molecule is O=C(CCN1CCOC(CO)C1)c1ccccc1Cl. The summed E-state index contributed by atoms with van der Waals surface area (Å²) in [5, 5.41) is 9.57. The lowest BCUT2D eigenvalue weighted by Gasteiger charge is -2.31. The Bertz CT molecular complexity index is 438. The Kier molecular flexibility index (Phi) is 5.34. The van der Waals surface area contributed by atoms with Crippen molar-refractivity contribution in [2.45, 2.75) is 12.5 Å². The van der Waals surface area contributed by atoms with Crippen LogP contribution in [0.5, 0.6) is 0 Å². The molecule has 19 heavy (non-hydrogen) atoms. The summed E-state index contributed by atoms with van der Waals surface area (Å²) in [5.41, 5.74) is 0.580. The zero-order valence-corrected chi connectivity index (χ0v) is 11.5. The maximum absolute atomic E-state index is 12.1. The van der Waals surface area contributed by atoms with Crippen LogP contribution in [0.15, 0.2) is 24.3 Å². The lowest BCUT2D eigenvalue weighted by atomic mass is 10.1. The van der Waals surface area contributed by atoms with Crippen LogP contribution in [0.2, 0.25) is 5.02 Å². The van der Waals surface area contributed by atoms with Crippen LogP contribution in [-0.4, -0.2) is 54.7 Å². The van der Waals surface area contributed by atoms with E-state index in [0.29, 0.717) is 36.7 Å². The number of Topliss-reactive ketones (excluding diaryl/α,β-unsaturated/α-hetero) is 1. The number of ketones is 1. The third-order valence-corrected chi connectivity index (χ3v) is 3.59. The van der Waals surface area contributed by atoms with Crippen molar-refractivity contribution < 1.29 is 14.6 Å². The quantitative estimate of drug-likeness (QED) is 0.834. The van der Waals surface area contributed by atoms with Crippen LogP contribution in [0.4, 0.5) is 0 Å². The van der Waals surface area contributed by atoms with E-state index in [1.165, 1.54) is 0 Å². The van der Waals surface area contributed by atoms with Gasteiger partial charge in [-0.25, -0.2) is 0 Å². The fourth-order valence-corrected chi connectivity index (χ4v) is 2.42. The van der Waals surface area contributed by atoms with E-state index >= 15 is 0 Å².